The maximum Gasteiger partial charge on any atom is 0.0540 e. The molecule has 118 valence electrons. The number of rotatable bonds is 4. The second-order valence-electron chi connectivity index (χ2n) is 6.69. The van der Waals surface area contributed by atoms with Gasteiger partial charge in [-0.3, -0.25) is 10.1 Å². The fourth-order valence-corrected chi connectivity index (χ4v) is 2.62. The highest BCUT2D eigenvalue weighted by atomic mass is 15.1. The monoisotopic (exact) mass is 306 g/mol. The molecule has 0 spiro atoms. The summed E-state index contributed by atoms with van der Waals surface area (Å²) < 4.78 is 0. The van der Waals surface area contributed by atoms with E-state index in [4.69, 9.17) is 0 Å². The van der Waals surface area contributed by atoms with Gasteiger partial charge in [0.1, 0.15) is 0 Å². The van der Waals surface area contributed by atoms with Crippen LogP contribution in [0.3, 0.4) is 0 Å². The van der Waals surface area contributed by atoms with Crippen molar-refractivity contribution < 1.29 is 0 Å². The van der Waals surface area contributed by atoms with Gasteiger partial charge in [0.2, 0.25) is 0 Å². The first-order valence-electron chi connectivity index (χ1n) is 7.81. The molecule has 2 heterocycles. The van der Waals surface area contributed by atoms with E-state index in [-0.39, 0.29) is 5.41 Å². The molecule has 0 aliphatic rings. The smallest absolute Gasteiger partial charge is 0.0540 e. The third-order valence-corrected chi connectivity index (χ3v) is 3.85. The van der Waals surface area contributed by atoms with E-state index in [2.05, 4.69) is 65.5 Å². The van der Waals surface area contributed by atoms with Crippen molar-refractivity contribution in [3.8, 4) is 11.1 Å². The number of H-pyrrole nitrogens is 1. The molecule has 0 radical (unpaired) electrons. The van der Waals surface area contributed by atoms with Gasteiger partial charge in [-0.15, -0.1) is 0 Å². The van der Waals surface area contributed by atoms with Gasteiger partial charge >= 0.3 is 0 Å². The van der Waals surface area contributed by atoms with E-state index < -0.39 is 0 Å². The van der Waals surface area contributed by atoms with Crippen molar-refractivity contribution in [3.05, 3.63) is 66.2 Å². The van der Waals surface area contributed by atoms with Crippen molar-refractivity contribution in [2.75, 3.05) is 5.32 Å². The molecular weight excluding hydrogens is 284 g/mol. The van der Waals surface area contributed by atoms with Crippen LogP contribution in [0.4, 0.5) is 5.69 Å². The lowest BCUT2D eigenvalue weighted by atomic mass is 9.89. The zero-order chi connectivity index (χ0) is 16.3. The Bertz CT molecular complexity index is 752. The van der Waals surface area contributed by atoms with Crippen molar-refractivity contribution >= 4 is 5.69 Å². The lowest BCUT2D eigenvalue weighted by molar-refractivity contribution is 0.561. The average molecular weight is 306 g/mol. The minimum absolute atomic E-state index is 0.0682. The lowest BCUT2D eigenvalue weighted by Crippen LogP contribution is -2.15. The number of nitrogens with one attached hydrogen (secondary N) is 2. The van der Waals surface area contributed by atoms with Crippen LogP contribution in [0.2, 0.25) is 0 Å². The molecule has 0 bridgehead atoms. The zero-order valence-corrected chi connectivity index (χ0v) is 13.8. The molecule has 4 nitrogen and oxygen atoms in total. The van der Waals surface area contributed by atoms with E-state index in [1.54, 1.807) is 0 Å². The molecular formula is C19H22N4. The molecule has 0 amide bonds. The first-order chi connectivity index (χ1) is 11.0. The average Bonchev–Trinajstić information content (AvgIpc) is 3.03. The summed E-state index contributed by atoms with van der Waals surface area (Å²) in [5, 5.41) is 10.8. The summed E-state index contributed by atoms with van der Waals surface area (Å²) in [4.78, 5) is 4.05. The Hall–Kier alpha value is -2.62. The number of pyridine rings is 1. The normalized spacial score (nSPS) is 11.4. The molecule has 3 rings (SSSR count). The van der Waals surface area contributed by atoms with Crippen molar-refractivity contribution in [2.24, 2.45) is 0 Å². The maximum absolute atomic E-state index is 4.18. The van der Waals surface area contributed by atoms with Crippen LogP contribution in [0.15, 0.2) is 55.0 Å². The Balaban J connectivity index is 1.69. The molecule has 0 unspecified atom stereocenters. The Morgan fingerprint density at radius 1 is 0.957 bits per heavy atom. The molecule has 2 N–H and O–H groups in total. The number of nitrogens with zero attached hydrogens (tertiary/aromatic N) is 2. The molecule has 0 saturated carbocycles. The highest BCUT2D eigenvalue weighted by molar-refractivity contribution is 5.65. The van der Waals surface area contributed by atoms with Gasteiger partial charge in [0.05, 0.1) is 6.20 Å². The molecule has 0 saturated heterocycles. The summed E-state index contributed by atoms with van der Waals surface area (Å²) in [5.41, 5.74) is 5.92. The van der Waals surface area contributed by atoms with Gasteiger partial charge in [-0.2, -0.15) is 5.10 Å². The van der Waals surface area contributed by atoms with E-state index in [1.165, 1.54) is 22.4 Å². The molecule has 0 atom stereocenters. The van der Waals surface area contributed by atoms with Gasteiger partial charge in [0.25, 0.3) is 0 Å². The molecule has 23 heavy (non-hydrogen) atoms. The summed E-state index contributed by atoms with van der Waals surface area (Å²) in [6, 6.07) is 12.5. The summed E-state index contributed by atoms with van der Waals surface area (Å²) in [5.74, 6) is 0. The van der Waals surface area contributed by atoms with E-state index in [0.29, 0.717) is 0 Å². The third-order valence-electron chi connectivity index (χ3n) is 3.85. The quantitative estimate of drug-likeness (QED) is 0.752. The van der Waals surface area contributed by atoms with E-state index in [9.17, 15) is 0 Å². The van der Waals surface area contributed by atoms with E-state index in [0.717, 1.165) is 12.2 Å². The highest BCUT2D eigenvalue weighted by Crippen LogP contribution is 2.25. The molecule has 2 aromatic heterocycles. The minimum Gasteiger partial charge on any atom is -0.381 e. The molecule has 0 aliphatic heterocycles. The fraction of sp³-hybridized carbons (Fsp3) is 0.263. The molecule has 0 fully saturated rings. The second-order valence-corrected chi connectivity index (χ2v) is 6.69. The zero-order valence-electron chi connectivity index (χ0n) is 13.8. The van der Waals surface area contributed by atoms with E-state index in [1.807, 2.05) is 30.7 Å². The van der Waals surface area contributed by atoms with Gasteiger partial charge in [0.15, 0.2) is 0 Å². The first-order valence-corrected chi connectivity index (χ1v) is 7.81. The topological polar surface area (TPSA) is 53.6 Å². The van der Waals surface area contributed by atoms with Crippen LogP contribution in [0, 0.1) is 0 Å². The van der Waals surface area contributed by atoms with Gasteiger partial charge < -0.3 is 5.32 Å². The van der Waals surface area contributed by atoms with Crippen LogP contribution in [0.25, 0.3) is 11.1 Å². The number of hydrogen-bond donors (Lipinski definition) is 2. The fourth-order valence-electron chi connectivity index (χ4n) is 2.62. The number of benzene rings is 1. The third kappa shape index (κ3) is 3.59. The van der Waals surface area contributed by atoms with Gasteiger partial charge in [-0.25, -0.2) is 0 Å². The summed E-state index contributed by atoms with van der Waals surface area (Å²) in [6.07, 6.45) is 5.53. The Kier molecular flexibility index (Phi) is 4.15. The van der Waals surface area contributed by atoms with Crippen LogP contribution in [-0.2, 0) is 12.0 Å². The predicted molar refractivity (Wildman–Crippen MR) is 94.3 cm³/mol. The molecule has 0 aliphatic carbocycles. The second kappa shape index (κ2) is 6.24. The standard InChI is InChI=1S/C19H22N4/c1-19(2,3)18-16(13-22-23-18)12-21-17-6-4-14(5-7-17)15-8-10-20-11-9-15/h4-11,13,21H,12H2,1-3H3,(H,22,23). The van der Waals surface area contributed by atoms with Crippen LogP contribution in [0.1, 0.15) is 32.0 Å². The van der Waals surface area contributed by atoms with Gasteiger partial charge in [-0.05, 0) is 35.4 Å². The Morgan fingerprint density at radius 3 is 2.26 bits per heavy atom. The van der Waals surface area contributed by atoms with Crippen LogP contribution < -0.4 is 5.32 Å². The Labute approximate surface area is 137 Å². The number of aromatic nitrogens is 3. The van der Waals surface area contributed by atoms with E-state index >= 15 is 0 Å². The summed E-state index contributed by atoms with van der Waals surface area (Å²) >= 11 is 0. The first kappa shape index (κ1) is 15.3. The van der Waals surface area contributed by atoms with Crippen molar-refractivity contribution in [1.29, 1.82) is 0 Å². The number of anilines is 1. The van der Waals surface area contributed by atoms with Crippen LogP contribution >= 0.6 is 0 Å². The van der Waals surface area contributed by atoms with Gasteiger partial charge in [-0.1, -0.05) is 32.9 Å². The summed E-state index contributed by atoms with van der Waals surface area (Å²) in [6.45, 7) is 7.33. The SMILES string of the molecule is CC(C)(C)c1[nH]ncc1CNc1ccc(-c2ccncc2)cc1. The predicted octanol–water partition coefficient (Wildman–Crippen LogP) is 4.38. The number of aromatic amines is 1. The summed E-state index contributed by atoms with van der Waals surface area (Å²) in [7, 11) is 0. The largest absolute Gasteiger partial charge is 0.381 e. The van der Waals surface area contributed by atoms with Crippen molar-refractivity contribution in [3.63, 3.8) is 0 Å². The lowest BCUT2D eigenvalue weighted by Gasteiger charge is -2.18. The van der Waals surface area contributed by atoms with Gasteiger partial charge in [0, 0.05) is 41.3 Å². The Morgan fingerprint density at radius 2 is 1.61 bits per heavy atom. The van der Waals surface area contributed by atoms with Crippen molar-refractivity contribution in [1.82, 2.24) is 15.2 Å². The molecule has 3 aromatic rings. The molecule has 4 heteroatoms. The minimum atomic E-state index is 0.0682. The van der Waals surface area contributed by atoms with Crippen LogP contribution in [-0.4, -0.2) is 15.2 Å². The number of hydrogen-bond acceptors (Lipinski definition) is 3. The van der Waals surface area contributed by atoms with Crippen molar-refractivity contribution in [2.45, 2.75) is 32.7 Å². The van der Waals surface area contributed by atoms with Crippen LogP contribution in [0.5, 0.6) is 0 Å². The maximum atomic E-state index is 4.18. The molecule has 1 aromatic carbocycles. The highest BCUT2D eigenvalue weighted by Gasteiger charge is 2.19.